The quantitative estimate of drug-likeness (QED) is 0.793. The smallest absolute Gasteiger partial charge is 0.222 e. The van der Waals surface area contributed by atoms with E-state index in [1.54, 1.807) is 6.07 Å². The number of nitrogen functional groups attached to an aromatic ring is 2. The minimum atomic E-state index is 0.190. The molecule has 1 aliphatic heterocycles. The Balaban J connectivity index is 2.05. The number of hydrogen-bond acceptors (Lipinski definition) is 5. The van der Waals surface area contributed by atoms with Gasteiger partial charge < -0.3 is 16.2 Å². The summed E-state index contributed by atoms with van der Waals surface area (Å²) in [6.45, 7) is 2.06. The summed E-state index contributed by atoms with van der Waals surface area (Å²) in [4.78, 5) is 8.06. The van der Waals surface area contributed by atoms with Crippen molar-refractivity contribution in [2.75, 3.05) is 11.5 Å². The maximum absolute atomic E-state index is 5.68. The molecular formula is C13H14N4O. The molecule has 5 heteroatoms. The van der Waals surface area contributed by atoms with Gasteiger partial charge in [0.2, 0.25) is 5.95 Å². The van der Waals surface area contributed by atoms with Crippen molar-refractivity contribution in [3.8, 4) is 17.0 Å². The van der Waals surface area contributed by atoms with Crippen LogP contribution >= 0.6 is 0 Å². The number of hydrogen-bond donors (Lipinski definition) is 2. The van der Waals surface area contributed by atoms with Crippen LogP contribution in [0.3, 0.4) is 0 Å². The summed E-state index contributed by atoms with van der Waals surface area (Å²) in [5.74, 6) is 1.51. The van der Waals surface area contributed by atoms with E-state index in [1.807, 2.05) is 12.1 Å². The monoisotopic (exact) mass is 242 g/mol. The lowest BCUT2D eigenvalue weighted by Crippen LogP contribution is -2.05. The second-order valence-corrected chi connectivity index (χ2v) is 4.49. The normalized spacial score (nSPS) is 17.3. The fraction of sp³-hybridized carbons (Fsp3) is 0.231. The molecule has 1 aliphatic rings. The molecule has 4 N–H and O–H groups in total. The molecule has 2 heterocycles. The summed E-state index contributed by atoms with van der Waals surface area (Å²) in [5.41, 5.74) is 14.2. The standard InChI is InChI=1S/C13H14N4O/c1-7-4-9-5-8(2-3-11(9)18-7)10-6-12(14)17-13(15)16-10/h2-3,5-7H,4H2,1H3,(H4,14,15,16,17). The predicted molar refractivity (Wildman–Crippen MR) is 70.1 cm³/mol. The first-order chi connectivity index (χ1) is 8.61. The molecule has 0 amide bonds. The highest BCUT2D eigenvalue weighted by atomic mass is 16.5. The van der Waals surface area contributed by atoms with Gasteiger partial charge in [-0.3, -0.25) is 0 Å². The molecule has 0 aliphatic carbocycles. The second-order valence-electron chi connectivity index (χ2n) is 4.49. The molecule has 3 rings (SSSR count). The van der Waals surface area contributed by atoms with Gasteiger partial charge in [-0.15, -0.1) is 0 Å². The van der Waals surface area contributed by atoms with Crippen molar-refractivity contribution in [2.24, 2.45) is 0 Å². The van der Waals surface area contributed by atoms with E-state index in [0.29, 0.717) is 5.82 Å². The third-order valence-electron chi connectivity index (χ3n) is 2.96. The number of anilines is 2. The molecule has 0 bridgehead atoms. The molecule has 0 saturated carbocycles. The number of nitrogens with zero attached hydrogens (tertiary/aromatic N) is 2. The van der Waals surface area contributed by atoms with Crippen molar-refractivity contribution in [3.05, 3.63) is 29.8 Å². The van der Waals surface area contributed by atoms with Crippen LogP contribution in [0.1, 0.15) is 12.5 Å². The number of benzene rings is 1. The van der Waals surface area contributed by atoms with Gasteiger partial charge in [0, 0.05) is 18.1 Å². The van der Waals surface area contributed by atoms with Gasteiger partial charge in [-0.25, -0.2) is 4.98 Å². The van der Waals surface area contributed by atoms with Crippen LogP contribution in [-0.2, 0) is 6.42 Å². The van der Waals surface area contributed by atoms with E-state index in [4.69, 9.17) is 16.2 Å². The maximum Gasteiger partial charge on any atom is 0.222 e. The fourth-order valence-electron chi connectivity index (χ4n) is 2.21. The predicted octanol–water partition coefficient (Wildman–Crippen LogP) is 1.63. The second kappa shape index (κ2) is 3.87. The van der Waals surface area contributed by atoms with E-state index in [-0.39, 0.29) is 12.1 Å². The molecule has 1 aromatic carbocycles. The minimum Gasteiger partial charge on any atom is -0.490 e. The van der Waals surface area contributed by atoms with Gasteiger partial charge >= 0.3 is 0 Å². The number of ether oxygens (including phenoxy) is 1. The third kappa shape index (κ3) is 1.84. The van der Waals surface area contributed by atoms with Crippen LogP contribution in [0.4, 0.5) is 11.8 Å². The highest BCUT2D eigenvalue weighted by molar-refractivity contribution is 5.65. The number of nitrogens with two attached hydrogens (primary N) is 2. The Morgan fingerprint density at radius 2 is 2.06 bits per heavy atom. The third-order valence-corrected chi connectivity index (χ3v) is 2.96. The van der Waals surface area contributed by atoms with Crippen molar-refractivity contribution in [1.82, 2.24) is 9.97 Å². The highest BCUT2D eigenvalue weighted by Gasteiger charge is 2.19. The number of aromatic nitrogens is 2. The number of fused-ring (bicyclic) bond motifs is 1. The van der Waals surface area contributed by atoms with Crippen LogP contribution in [0.15, 0.2) is 24.3 Å². The summed E-state index contributed by atoms with van der Waals surface area (Å²) in [7, 11) is 0. The van der Waals surface area contributed by atoms with Crippen molar-refractivity contribution in [2.45, 2.75) is 19.4 Å². The van der Waals surface area contributed by atoms with Crippen LogP contribution in [0.2, 0.25) is 0 Å². The van der Waals surface area contributed by atoms with E-state index in [0.717, 1.165) is 23.4 Å². The van der Waals surface area contributed by atoms with E-state index >= 15 is 0 Å². The SMILES string of the molecule is CC1Cc2cc(-c3cc(N)nc(N)n3)ccc2O1. The zero-order valence-electron chi connectivity index (χ0n) is 10.1. The van der Waals surface area contributed by atoms with E-state index in [1.165, 1.54) is 5.56 Å². The number of rotatable bonds is 1. The lowest BCUT2D eigenvalue weighted by molar-refractivity contribution is 0.254. The summed E-state index contributed by atoms with van der Waals surface area (Å²) in [6.07, 6.45) is 1.15. The van der Waals surface area contributed by atoms with Crippen LogP contribution < -0.4 is 16.2 Å². The summed E-state index contributed by atoms with van der Waals surface area (Å²) >= 11 is 0. The molecule has 92 valence electrons. The molecule has 5 nitrogen and oxygen atoms in total. The van der Waals surface area contributed by atoms with E-state index in [2.05, 4.69) is 23.0 Å². The first-order valence-corrected chi connectivity index (χ1v) is 5.82. The van der Waals surface area contributed by atoms with Gasteiger partial charge in [0.15, 0.2) is 0 Å². The zero-order chi connectivity index (χ0) is 12.7. The zero-order valence-corrected chi connectivity index (χ0v) is 10.1. The molecule has 0 saturated heterocycles. The van der Waals surface area contributed by atoms with Gasteiger partial charge in [0.1, 0.15) is 17.7 Å². The molecule has 2 aromatic rings. The lowest BCUT2D eigenvalue weighted by Gasteiger charge is -2.05. The van der Waals surface area contributed by atoms with Crippen molar-refractivity contribution >= 4 is 11.8 Å². The average molecular weight is 242 g/mol. The highest BCUT2D eigenvalue weighted by Crippen LogP contribution is 2.32. The van der Waals surface area contributed by atoms with Crippen molar-refractivity contribution in [3.63, 3.8) is 0 Å². The maximum atomic E-state index is 5.68. The molecule has 0 radical (unpaired) electrons. The summed E-state index contributed by atoms with van der Waals surface area (Å²) < 4.78 is 5.66. The fourth-order valence-corrected chi connectivity index (χ4v) is 2.21. The van der Waals surface area contributed by atoms with Gasteiger partial charge in [-0.05, 0) is 30.7 Å². The molecule has 18 heavy (non-hydrogen) atoms. The topological polar surface area (TPSA) is 87.0 Å². The summed E-state index contributed by atoms with van der Waals surface area (Å²) in [5, 5.41) is 0. The molecule has 0 spiro atoms. The Kier molecular flexibility index (Phi) is 2.33. The van der Waals surface area contributed by atoms with Crippen LogP contribution in [0, 0.1) is 0 Å². The molecule has 1 atom stereocenters. The van der Waals surface area contributed by atoms with Crippen LogP contribution in [0.5, 0.6) is 5.75 Å². The largest absolute Gasteiger partial charge is 0.490 e. The van der Waals surface area contributed by atoms with Crippen LogP contribution in [0.25, 0.3) is 11.3 Å². The Bertz CT molecular complexity index is 592. The Morgan fingerprint density at radius 3 is 2.83 bits per heavy atom. The minimum absolute atomic E-state index is 0.190. The first-order valence-electron chi connectivity index (χ1n) is 5.82. The average Bonchev–Trinajstić information content (AvgIpc) is 2.66. The van der Waals surface area contributed by atoms with Crippen molar-refractivity contribution < 1.29 is 4.74 Å². The Labute approximate surface area is 105 Å². The first kappa shape index (κ1) is 10.8. The Morgan fingerprint density at radius 1 is 1.22 bits per heavy atom. The lowest BCUT2D eigenvalue weighted by atomic mass is 10.0. The Hall–Kier alpha value is -2.30. The molecule has 0 fully saturated rings. The molecular weight excluding hydrogens is 228 g/mol. The van der Waals surface area contributed by atoms with E-state index < -0.39 is 0 Å². The summed E-state index contributed by atoms with van der Waals surface area (Å²) in [6, 6.07) is 7.71. The van der Waals surface area contributed by atoms with Gasteiger partial charge in [-0.2, -0.15) is 4.98 Å². The van der Waals surface area contributed by atoms with Crippen molar-refractivity contribution in [1.29, 1.82) is 0 Å². The van der Waals surface area contributed by atoms with Crippen LogP contribution in [-0.4, -0.2) is 16.1 Å². The molecule has 1 unspecified atom stereocenters. The van der Waals surface area contributed by atoms with E-state index in [9.17, 15) is 0 Å². The van der Waals surface area contributed by atoms with Gasteiger partial charge in [0.05, 0.1) is 5.69 Å². The van der Waals surface area contributed by atoms with Gasteiger partial charge in [0.25, 0.3) is 0 Å². The molecule has 1 aromatic heterocycles. The van der Waals surface area contributed by atoms with Gasteiger partial charge in [-0.1, -0.05) is 0 Å².